The summed E-state index contributed by atoms with van der Waals surface area (Å²) in [7, 11) is 0. The SMILES string of the molecule is NNC(Cc1cc(Br)cs1)c1ccc(Cl)nc1. The van der Waals surface area contributed by atoms with Crippen LogP contribution >= 0.6 is 38.9 Å². The summed E-state index contributed by atoms with van der Waals surface area (Å²) in [5, 5.41) is 2.55. The van der Waals surface area contributed by atoms with Crippen LogP contribution in [0.15, 0.2) is 34.2 Å². The molecule has 0 aliphatic heterocycles. The molecule has 0 aliphatic rings. The van der Waals surface area contributed by atoms with Gasteiger partial charge in [-0.2, -0.15) is 0 Å². The van der Waals surface area contributed by atoms with Crippen molar-refractivity contribution in [2.75, 3.05) is 0 Å². The van der Waals surface area contributed by atoms with Crippen molar-refractivity contribution < 1.29 is 0 Å². The van der Waals surface area contributed by atoms with Gasteiger partial charge < -0.3 is 0 Å². The Kier molecular flexibility index (Phi) is 4.53. The molecule has 0 radical (unpaired) electrons. The van der Waals surface area contributed by atoms with Crippen LogP contribution in [0, 0.1) is 0 Å². The molecule has 0 aromatic carbocycles. The molecule has 0 aliphatic carbocycles. The largest absolute Gasteiger partial charge is 0.271 e. The van der Waals surface area contributed by atoms with Crippen molar-refractivity contribution in [2.45, 2.75) is 12.5 Å². The summed E-state index contributed by atoms with van der Waals surface area (Å²) in [6, 6.07) is 5.84. The Morgan fingerprint density at radius 2 is 2.35 bits per heavy atom. The summed E-state index contributed by atoms with van der Waals surface area (Å²) in [4.78, 5) is 5.32. The van der Waals surface area contributed by atoms with Gasteiger partial charge in [0.25, 0.3) is 0 Å². The Morgan fingerprint density at radius 3 is 2.88 bits per heavy atom. The lowest BCUT2D eigenvalue weighted by Crippen LogP contribution is -2.29. The van der Waals surface area contributed by atoms with E-state index in [1.54, 1.807) is 23.6 Å². The van der Waals surface area contributed by atoms with E-state index in [1.165, 1.54) is 4.88 Å². The second-order valence-corrected chi connectivity index (χ2v) is 5.87. The Hall–Kier alpha value is -0.460. The van der Waals surface area contributed by atoms with E-state index in [2.05, 4.69) is 37.8 Å². The molecule has 0 saturated carbocycles. The predicted molar refractivity (Wildman–Crippen MR) is 75.0 cm³/mol. The van der Waals surface area contributed by atoms with Crippen LogP contribution < -0.4 is 11.3 Å². The third kappa shape index (κ3) is 3.50. The minimum atomic E-state index is 0.0466. The molecule has 3 N–H and O–H groups in total. The number of hydrazine groups is 1. The summed E-state index contributed by atoms with van der Waals surface area (Å²) in [5.41, 5.74) is 3.83. The molecule has 17 heavy (non-hydrogen) atoms. The van der Waals surface area contributed by atoms with Crippen molar-refractivity contribution in [1.29, 1.82) is 0 Å². The van der Waals surface area contributed by atoms with Crippen molar-refractivity contribution >= 4 is 38.9 Å². The Labute approximate surface area is 117 Å². The summed E-state index contributed by atoms with van der Waals surface area (Å²) in [6.45, 7) is 0. The summed E-state index contributed by atoms with van der Waals surface area (Å²) in [6.07, 6.45) is 2.57. The van der Waals surface area contributed by atoms with Crippen molar-refractivity contribution in [2.24, 2.45) is 5.84 Å². The number of thiophene rings is 1. The third-order valence-electron chi connectivity index (χ3n) is 2.38. The third-order valence-corrected chi connectivity index (χ3v) is 4.32. The summed E-state index contributed by atoms with van der Waals surface area (Å²) < 4.78 is 1.10. The predicted octanol–water partition coefficient (Wildman–Crippen LogP) is 3.31. The van der Waals surface area contributed by atoms with Crippen LogP contribution in [0.4, 0.5) is 0 Å². The van der Waals surface area contributed by atoms with E-state index in [0.29, 0.717) is 5.15 Å². The molecule has 90 valence electrons. The highest BCUT2D eigenvalue weighted by Gasteiger charge is 2.12. The second kappa shape index (κ2) is 5.93. The van der Waals surface area contributed by atoms with E-state index < -0.39 is 0 Å². The van der Waals surface area contributed by atoms with Gasteiger partial charge in [0.05, 0.1) is 6.04 Å². The van der Waals surface area contributed by atoms with Crippen LogP contribution in [0.25, 0.3) is 0 Å². The fourth-order valence-electron chi connectivity index (χ4n) is 1.53. The summed E-state index contributed by atoms with van der Waals surface area (Å²) >= 11 is 10.9. The van der Waals surface area contributed by atoms with Crippen LogP contribution in [0.5, 0.6) is 0 Å². The first kappa shape index (κ1) is 13.0. The van der Waals surface area contributed by atoms with Crippen LogP contribution in [0.3, 0.4) is 0 Å². The average Bonchev–Trinajstić information content (AvgIpc) is 2.73. The number of nitrogens with one attached hydrogen (secondary N) is 1. The molecule has 0 spiro atoms. The number of halogens is 2. The molecule has 2 heterocycles. The van der Waals surface area contributed by atoms with Gasteiger partial charge >= 0.3 is 0 Å². The molecule has 0 fully saturated rings. The van der Waals surface area contributed by atoms with Gasteiger partial charge in [0, 0.05) is 27.3 Å². The smallest absolute Gasteiger partial charge is 0.129 e. The fourth-order valence-corrected chi connectivity index (χ4v) is 3.14. The number of rotatable bonds is 4. The lowest BCUT2D eigenvalue weighted by Gasteiger charge is -2.14. The number of pyridine rings is 1. The monoisotopic (exact) mass is 331 g/mol. The Morgan fingerprint density at radius 1 is 1.53 bits per heavy atom. The van der Waals surface area contributed by atoms with Gasteiger partial charge in [-0.25, -0.2) is 4.98 Å². The van der Waals surface area contributed by atoms with E-state index >= 15 is 0 Å². The second-order valence-electron chi connectivity index (χ2n) is 3.57. The van der Waals surface area contributed by atoms with E-state index in [-0.39, 0.29) is 6.04 Å². The molecular formula is C11H11BrClN3S. The minimum absolute atomic E-state index is 0.0466. The molecular weight excluding hydrogens is 322 g/mol. The van der Waals surface area contributed by atoms with Crippen molar-refractivity contribution in [3.63, 3.8) is 0 Å². The first-order chi connectivity index (χ1) is 8.19. The fraction of sp³-hybridized carbons (Fsp3) is 0.182. The van der Waals surface area contributed by atoms with E-state index in [0.717, 1.165) is 16.5 Å². The summed E-state index contributed by atoms with van der Waals surface area (Å²) in [5.74, 6) is 5.58. The molecule has 3 nitrogen and oxygen atoms in total. The van der Waals surface area contributed by atoms with Gasteiger partial charge in [0.2, 0.25) is 0 Å². The molecule has 0 amide bonds. The highest BCUT2D eigenvalue weighted by Crippen LogP contribution is 2.25. The van der Waals surface area contributed by atoms with Crippen molar-refractivity contribution in [3.8, 4) is 0 Å². The first-order valence-corrected chi connectivity index (χ1v) is 7.04. The van der Waals surface area contributed by atoms with Gasteiger partial charge in [-0.05, 0) is 33.6 Å². The van der Waals surface area contributed by atoms with Crippen LogP contribution in [-0.4, -0.2) is 4.98 Å². The van der Waals surface area contributed by atoms with Gasteiger partial charge in [-0.15, -0.1) is 11.3 Å². The maximum atomic E-state index is 5.76. The molecule has 6 heteroatoms. The maximum absolute atomic E-state index is 5.76. The van der Waals surface area contributed by atoms with Crippen LogP contribution in [0.2, 0.25) is 5.15 Å². The molecule has 0 bridgehead atoms. The quantitative estimate of drug-likeness (QED) is 0.513. The van der Waals surface area contributed by atoms with Crippen LogP contribution in [0.1, 0.15) is 16.5 Å². The van der Waals surface area contributed by atoms with Crippen LogP contribution in [-0.2, 0) is 6.42 Å². The van der Waals surface area contributed by atoms with Gasteiger partial charge in [0.1, 0.15) is 5.15 Å². The van der Waals surface area contributed by atoms with Gasteiger partial charge in [-0.1, -0.05) is 17.7 Å². The van der Waals surface area contributed by atoms with Crippen molar-refractivity contribution in [3.05, 3.63) is 49.8 Å². The maximum Gasteiger partial charge on any atom is 0.129 e. The average molecular weight is 333 g/mol. The zero-order valence-corrected chi connectivity index (χ0v) is 12.0. The zero-order valence-electron chi connectivity index (χ0n) is 8.86. The standard InChI is InChI=1S/C11H11BrClN3S/c12-8-3-9(17-6-8)4-10(16-14)7-1-2-11(13)15-5-7/h1-3,5-6,10,16H,4,14H2. The van der Waals surface area contributed by atoms with Gasteiger partial charge in [0.15, 0.2) is 0 Å². The van der Waals surface area contributed by atoms with E-state index in [4.69, 9.17) is 17.4 Å². The number of hydrogen-bond acceptors (Lipinski definition) is 4. The number of nitrogens with two attached hydrogens (primary N) is 1. The van der Waals surface area contributed by atoms with E-state index in [9.17, 15) is 0 Å². The number of nitrogens with zero attached hydrogens (tertiary/aromatic N) is 1. The lowest BCUT2D eigenvalue weighted by atomic mass is 10.1. The first-order valence-electron chi connectivity index (χ1n) is 4.99. The Balaban J connectivity index is 2.13. The number of aromatic nitrogens is 1. The van der Waals surface area contributed by atoms with Crippen molar-refractivity contribution in [1.82, 2.24) is 10.4 Å². The topological polar surface area (TPSA) is 50.9 Å². The molecule has 2 aromatic heterocycles. The van der Waals surface area contributed by atoms with E-state index in [1.807, 2.05) is 6.07 Å². The molecule has 2 aromatic rings. The Bertz CT molecular complexity index is 486. The molecule has 2 rings (SSSR count). The molecule has 1 unspecified atom stereocenters. The highest BCUT2D eigenvalue weighted by molar-refractivity contribution is 9.10. The minimum Gasteiger partial charge on any atom is -0.271 e. The molecule has 0 saturated heterocycles. The lowest BCUT2D eigenvalue weighted by molar-refractivity contribution is 0.554. The van der Waals surface area contributed by atoms with Gasteiger partial charge in [-0.3, -0.25) is 11.3 Å². The number of hydrogen-bond donors (Lipinski definition) is 2. The normalized spacial score (nSPS) is 12.6. The zero-order chi connectivity index (χ0) is 12.3. The highest BCUT2D eigenvalue weighted by atomic mass is 79.9. The molecule has 1 atom stereocenters.